The average molecular weight is 222 g/mol. The molecule has 1 radical (unpaired) electrons. The molecule has 0 fully saturated rings. The molecule has 0 rings (SSSR count). The zero-order valence-corrected chi connectivity index (χ0v) is 12.0. The van der Waals surface area contributed by atoms with Crippen LogP contribution in [-0.4, -0.2) is 25.7 Å². The Bertz CT molecular complexity index is 281. The predicted molar refractivity (Wildman–Crippen MR) is 73.2 cm³/mol. The third kappa shape index (κ3) is 4.97. The quantitative estimate of drug-likeness (QED) is 0.527. The summed E-state index contributed by atoms with van der Waals surface area (Å²) in [6, 6.07) is 0. The van der Waals surface area contributed by atoms with Crippen molar-refractivity contribution in [3.63, 3.8) is 0 Å². The lowest BCUT2D eigenvalue weighted by Gasteiger charge is -2.39. The monoisotopic (exact) mass is 222 g/mol. The number of hydrogen-bond acceptors (Lipinski definition) is 2. The highest BCUT2D eigenvalue weighted by molar-refractivity contribution is 6.73. The third-order valence-corrected chi connectivity index (χ3v) is 2.98. The number of allylic oxidation sites excluding steroid dienone is 2. The van der Waals surface area contributed by atoms with Crippen LogP contribution in [0, 0.1) is 5.41 Å². The molecule has 0 atom stereocenters. The van der Waals surface area contributed by atoms with E-state index in [9.17, 15) is 0 Å². The van der Waals surface area contributed by atoms with Gasteiger partial charge in [0, 0.05) is 12.7 Å². The standard InChI is InChI=1S/C13H25BNO/c1-10(2)9-11(15-8)14-16-13(6,7)12(3,4)5/h9H,1-8H3. The molecule has 0 aliphatic heterocycles. The number of hydrogen-bond donors (Lipinski definition) is 0. The second kappa shape index (κ2) is 5.67. The van der Waals surface area contributed by atoms with Gasteiger partial charge in [0.1, 0.15) is 0 Å². The number of rotatable bonds is 4. The summed E-state index contributed by atoms with van der Waals surface area (Å²) in [7, 11) is 3.52. The molecule has 0 unspecified atom stereocenters. The van der Waals surface area contributed by atoms with Crippen molar-refractivity contribution in [1.82, 2.24) is 0 Å². The van der Waals surface area contributed by atoms with E-state index in [0.29, 0.717) is 0 Å². The molecule has 0 saturated carbocycles. The maximum Gasteiger partial charge on any atom is 0.350 e. The Morgan fingerprint density at radius 3 is 1.94 bits per heavy atom. The molecular weight excluding hydrogens is 197 g/mol. The van der Waals surface area contributed by atoms with E-state index in [1.54, 1.807) is 14.5 Å². The minimum Gasteiger partial charge on any atom is -0.427 e. The topological polar surface area (TPSA) is 21.6 Å². The third-order valence-electron chi connectivity index (χ3n) is 2.98. The Morgan fingerprint density at radius 2 is 1.62 bits per heavy atom. The van der Waals surface area contributed by atoms with Gasteiger partial charge in [0.25, 0.3) is 0 Å². The van der Waals surface area contributed by atoms with Gasteiger partial charge in [-0.2, -0.15) is 0 Å². The van der Waals surface area contributed by atoms with Crippen molar-refractivity contribution in [2.45, 2.75) is 54.1 Å². The molecule has 0 heterocycles. The minimum absolute atomic E-state index is 0.0906. The average Bonchev–Trinajstić information content (AvgIpc) is 2.09. The van der Waals surface area contributed by atoms with Gasteiger partial charge in [-0.05, 0) is 39.2 Å². The Labute approximate surface area is 101 Å². The smallest absolute Gasteiger partial charge is 0.350 e. The first kappa shape index (κ1) is 15.4. The van der Waals surface area contributed by atoms with E-state index >= 15 is 0 Å². The molecule has 3 heteroatoms. The van der Waals surface area contributed by atoms with Crippen LogP contribution in [0.3, 0.4) is 0 Å². The maximum atomic E-state index is 5.85. The summed E-state index contributed by atoms with van der Waals surface area (Å²) < 4.78 is 5.85. The maximum absolute atomic E-state index is 5.85. The molecule has 0 aliphatic carbocycles. The molecule has 0 aromatic heterocycles. The van der Waals surface area contributed by atoms with E-state index in [0.717, 1.165) is 5.61 Å². The molecular formula is C13H25BNO. The summed E-state index contributed by atoms with van der Waals surface area (Å²) in [6.07, 6.45) is 2.01. The first-order valence-electron chi connectivity index (χ1n) is 5.73. The zero-order valence-electron chi connectivity index (χ0n) is 12.0. The fraction of sp³-hybridized carbons (Fsp3) is 0.769. The Hall–Kier alpha value is -0.565. The Morgan fingerprint density at radius 1 is 1.12 bits per heavy atom. The molecule has 0 bridgehead atoms. The summed E-state index contributed by atoms with van der Waals surface area (Å²) in [4.78, 5) is 4.17. The zero-order chi connectivity index (χ0) is 13.0. The van der Waals surface area contributed by atoms with E-state index in [1.807, 2.05) is 19.9 Å². The Kier molecular flexibility index (Phi) is 5.47. The van der Waals surface area contributed by atoms with Crippen LogP contribution >= 0.6 is 0 Å². The van der Waals surface area contributed by atoms with Crippen LogP contribution in [0.25, 0.3) is 0 Å². The summed E-state index contributed by atoms with van der Waals surface area (Å²) in [5.74, 6) is 0. The van der Waals surface area contributed by atoms with Crippen molar-refractivity contribution in [2.24, 2.45) is 10.4 Å². The molecule has 0 aliphatic rings. The van der Waals surface area contributed by atoms with Gasteiger partial charge < -0.3 is 9.65 Å². The van der Waals surface area contributed by atoms with Gasteiger partial charge in [-0.1, -0.05) is 26.3 Å². The summed E-state index contributed by atoms with van der Waals surface area (Å²) in [5, 5.41) is 0. The molecule has 0 aromatic carbocycles. The fourth-order valence-electron chi connectivity index (χ4n) is 0.832. The first-order chi connectivity index (χ1) is 7.10. The van der Waals surface area contributed by atoms with Gasteiger partial charge in [-0.25, -0.2) is 0 Å². The van der Waals surface area contributed by atoms with Crippen molar-refractivity contribution in [2.75, 3.05) is 7.05 Å². The molecule has 91 valence electrons. The highest BCUT2D eigenvalue weighted by atomic mass is 16.5. The van der Waals surface area contributed by atoms with Crippen LogP contribution < -0.4 is 0 Å². The second-order valence-electron chi connectivity index (χ2n) is 5.87. The summed E-state index contributed by atoms with van der Waals surface area (Å²) in [5.41, 5.74) is 1.97. The van der Waals surface area contributed by atoms with Crippen LogP contribution in [0.2, 0.25) is 0 Å². The van der Waals surface area contributed by atoms with Crippen molar-refractivity contribution in [3.8, 4) is 0 Å². The minimum atomic E-state index is -0.210. The van der Waals surface area contributed by atoms with Crippen molar-refractivity contribution in [3.05, 3.63) is 11.6 Å². The van der Waals surface area contributed by atoms with Crippen LogP contribution in [0.4, 0.5) is 0 Å². The van der Waals surface area contributed by atoms with E-state index in [2.05, 4.69) is 39.6 Å². The van der Waals surface area contributed by atoms with Gasteiger partial charge in [0.05, 0.1) is 5.60 Å². The lowest BCUT2D eigenvalue weighted by molar-refractivity contribution is 0.00564. The fourth-order valence-corrected chi connectivity index (χ4v) is 0.832. The number of aliphatic imine (C=N–C) groups is 1. The molecule has 2 nitrogen and oxygen atoms in total. The van der Waals surface area contributed by atoms with E-state index in [4.69, 9.17) is 4.65 Å². The molecule has 16 heavy (non-hydrogen) atoms. The lowest BCUT2D eigenvalue weighted by atomic mass is 9.77. The van der Waals surface area contributed by atoms with Crippen molar-refractivity contribution in [1.29, 1.82) is 0 Å². The van der Waals surface area contributed by atoms with Gasteiger partial charge in [0.2, 0.25) is 0 Å². The van der Waals surface area contributed by atoms with Gasteiger partial charge in [-0.15, -0.1) is 0 Å². The lowest BCUT2D eigenvalue weighted by Crippen LogP contribution is -2.41. The SMILES string of the molecule is CN=C([B]OC(C)(C)C(C)(C)C)C=C(C)C. The largest absolute Gasteiger partial charge is 0.427 e. The first-order valence-corrected chi connectivity index (χ1v) is 5.73. The summed E-state index contributed by atoms with van der Waals surface area (Å²) in [6.45, 7) is 14.8. The van der Waals surface area contributed by atoms with Crippen LogP contribution in [0.15, 0.2) is 16.6 Å². The molecule has 0 aromatic rings. The Balaban J connectivity index is 4.51. The highest BCUT2D eigenvalue weighted by Crippen LogP contribution is 2.32. The van der Waals surface area contributed by atoms with Gasteiger partial charge >= 0.3 is 7.48 Å². The van der Waals surface area contributed by atoms with E-state index in [-0.39, 0.29) is 11.0 Å². The van der Waals surface area contributed by atoms with E-state index in [1.165, 1.54) is 5.57 Å². The van der Waals surface area contributed by atoms with Crippen molar-refractivity contribution < 1.29 is 4.65 Å². The van der Waals surface area contributed by atoms with Gasteiger partial charge in [0.15, 0.2) is 0 Å². The second-order valence-corrected chi connectivity index (χ2v) is 5.87. The normalized spacial score (nSPS) is 13.6. The summed E-state index contributed by atoms with van der Waals surface area (Å²) >= 11 is 0. The van der Waals surface area contributed by atoms with E-state index < -0.39 is 0 Å². The van der Waals surface area contributed by atoms with Crippen molar-refractivity contribution >= 4 is 13.1 Å². The molecule has 0 spiro atoms. The van der Waals surface area contributed by atoms with Crippen LogP contribution in [0.5, 0.6) is 0 Å². The predicted octanol–water partition coefficient (Wildman–Crippen LogP) is 3.44. The molecule has 0 amide bonds. The molecule has 0 saturated heterocycles. The van der Waals surface area contributed by atoms with Crippen LogP contribution in [0.1, 0.15) is 48.5 Å². The van der Waals surface area contributed by atoms with Gasteiger partial charge in [-0.3, -0.25) is 0 Å². The van der Waals surface area contributed by atoms with Crippen LogP contribution in [-0.2, 0) is 4.65 Å². The number of nitrogens with zero attached hydrogens (tertiary/aromatic N) is 1. The molecule has 0 N–H and O–H groups in total. The highest BCUT2D eigenvalue weighted by Gasteiger charge is 2.33.